The first-order valence-corrected chi connectivity index (χ1v) is 9.03. The van der Waals surface area contributed by atoms with Crippen LogP contribution in [0, 0.1) is 6.92 Å². The number of nitrogens with one attached hydrogen (secondary N) is 1. The van der Waals surface area contributed by atoms with E-state index >= 15 is 0 Å². The lowest BCUT2D eigenvalue weighted by atomic mass is 10.0. The van der Waals surface area contributed by atoms with E-state index in [1.807, 2.05) is 61.7 Å². The summed E-state index contributed by atoms with van der Waals surface area (Å²) in [5.74, 6) is -0.445. The van der Waals surface area contributed by atoms with Crippen molar-refractivity contribution in [2.24, 2.45) is 0 Å². The molecule has 1 N–H and O–H groups in total. The van der Waals surface area contributed by atoms with Gasteiger partial charge in [-0.3, -0.25) is 9.59 Å². The summed E-state index contributed by atoms with van der Waals surface area (Å²) in [6, 6.07) is 17.5. The third-order valence-corrected chi connectivity index (χ3v) is 4.67. The number of methoxy groups -OCH3 is 1. The first kappa shape index (κ1) is 18.7. The van der Waals surface area contributed by atoms with E-state index < -0.39 is 6.04 Å². The first-order chi connectivity index (χ1) is 13.1. The van der Waals surface area contributed by atoms with Gasteiger partial charge in [0.2, 0.25) is 5.91 Å². The van der Waals surface area contributed by atoms with Crippen molar-refractivity contribution >= 4 is 22.8 Å². The molecule has 5 nitrogen and oxygen atoms in total. The Morgan fingerprint density at radius 3 is 2.56 bits per heavy atom. The monoisotopic (exact) mass is 364 g/mol. The van der Waals surface area contributed by atoms with Gasteiger partial charge in [-0.2, -0.15) is 0 Å². The highest BCUT2D eigenvalue weighted by Gasteiger charge is 2.19. The quantitative estimate of drug-likeness (QED) is 0.650. The second-order valence-electron chi connectivity index (χ2n) is 6.63. The molecule has 0 bridgehead atoms. The van der Waals surface area contributed by atoms with Crippen molar-refractivity contribution in [1.82, 2.24) is 9.88 Å². The van der Waals surface area contributed by atoms with Gasteiger partial charge >= 0.3 is 5.97 Å². The van der Waals surface area contributed by atoms with Gasteiger partial charge in [-0.1, -0.05) is 48.0 Å². The predicted molar refractivity (Wildman–Crippen MR) is 105 cm³/mol. The fraction of sp³-hybridized carbons (Fsp3) is 0.273. The number of esters is 1. The Labute approximate surface area is 158 Å². The highest BCUT2D eigenvalue weighted by atomic mass is 16.5. The Balaban J connectivity index is 1.66. The third kappa shape index (κ3) is 4.76. The molecule has 0 aliphatic heterocycles. The van der Waals surface area contributed by atoms with Gasteiger partial charge in [0.05, 0.1) is 19.6 Å². The topological polar surface area (TPSA) is 60.3 Å². The summed E-state index contributed by atoms with van der Waals surface area (Å²) in [4.78, 5) is 24.3. The van der Waals surface area contributed by atoms with Crippen LogP contribution in [0.3, 0.4) is 0 Å². The molecular weight excluding hydrogens is 340 g/mol. The second kappa shape index (κ2) is 8.54. The number of rotatable bonds is 7. The van der Waals surface area contributed by atoms with Crippen LogP contribution in [0.2, 0.25) is 0 Å². The number of amides is 1. The minimum atomic E-state index is -0.396. The summed E-state index contributed by atoms with van der Waals surface area (Å²) in [5, 5.41) is 4.13. The molecule has 0 spiro atoms. The maximum atomic E-state index is 12.5. The number of aryl methyl sites for hydroxylation is 2. The van der Waals surface area contributed by atoms with Gasteiger partial charge in [0, 0.05) is 24.7 Å². The van der Waals surface area contributed by atoms with Crippen LogP contribution < -0.4 is 5.32 Å². The zero-order valence-corrected chi connectivity index (χ0v) is 15.6. The smallest absolute Gasteiger partial charge is 0.307 e. The molecule has 2 aromatic carbocycles. The molecule has 0 fully saturated rings. The van der Waals surface area contributed by atoms with Crippen molar-refractivity contribution in [3.05, 3.63) is 71.9 Å². The molecule has 0 saturated carbocycles. The third-order valence-electron chi connectivity index (χ3n) is 4.67. The van der Waals surface area contributed by atoms with Crippen molar-refractivity contribution in [3.63, 3.8) is 0 Å². The minimum Gasteiger partial charge on any atom is -0.469 e. The molecule has 0 aliphatic carbocycles. The maximum absolute atomic E-state index is 12.5. The van der Waals surface area contributed by atoms with Crippen LogP contribution >= 0.6 is 0 Å². The molecule has 0 radical (unpaired) electrons. The summed E-state index contributed by atoms with van der Waals surface area (Å²) >= 11 is 0. The molecule has 1 heterocycles. The number of ether oxygens (including phenoxy) is 1. The normalized spacial score (nSPS) is 11.9. The second-order valence-corrected chi connectivity index (χ2v) is 6.63. The zero-order valence-electron chi connectivity index (χ0n) is 15.6. The molecule has 1 unspecified atom stereocenters. The summed E-state index contributed by atoms with van der Waals surface area (Å²) in [6.07, 6.45) is 2.43. The molecular formula is C22H24N2O3. The number of carbonyl (C=O) groups excluding carboxylic acids is 2. The number of hydrogen-bond acceptors (Lipinski definition) is 3. The van der Waals surface area contributed by atoms with E-state index in [1.54, 1.807) is 0 Å². The number of fused-ring (bicyclic) bond motifs is 1. The number of nitrogens with zero attached hydrogens (tertiary/aromatic N) is 1. The van der Waals surface area contributed by atoms with Gasteiger partial charge < -0.3 is 14.6 Å². The predicted octanol–water partition coefficient (Wildman–Crippen LogP) is 3.76. The fourth-order valence-electron chi connectivity index (χ4n) is 3.13. The molecule has 3 rings (SSSR count). The summed E-state index contributed by atoms with van der Waals surface area (Å²) in [6.45, 7) is 2.58. The average molecular weight is 364 g/mol. The van der Waals surface area contributed by atoms with E-state index in [2.05, 4.69) is 16.0 Å². The van der Waals surface area contributed by atoms with Gasteiger partial charge in [0.15, 0.2) is 0 Å². The molecule has 1 atom stereocenters. The zero-order chi connectivity index (χ0) is 19.2. The van der Waals surface area contributed by atoms with Crippen molar-refractivity contribution < 1.29 is 14.3 Å². The van der Waals surface area contributed by atoms with E-state index in [9.17, 15) is 9.59 Å². The van der Waals surface area contributed by atoms with Gasteiger partial charge in [-0.15, -0.1) is 0 Å². The minimum absolute atomic E-state index is 0.0951. The largest absolute Gasteiger partial charge is 0.469 e. The van der Waals surface area contributed by atoms with E-state index in [1.165, 1.54) is 7.11 Å². The summed E-state index contributed by atoms with van der Waals surface area (Å²) < 4.78 is 6.85. The van der Waals surface area contributed by atoms with E-state index in [-0.39, 0.29) is 18.3 Å². The molecule has 140 valence electrons. The van der Waals surface area contributed by atoms with Crippen LogP contribution in [0.4, 0.5) is 0 Å². The van der Waals surface area contributed by atoms with Gasteiger partial charge in [-0.25, -0.2) is 0 Å². The van der Waals surface area contributed by atoms with Gasteiger partial charge in [-0.05, 0) is 30.0 Å². The highest BCUT2D eigenvalue weighted by Crippen LogP contribution is 2.19. The van der Waals surface area contributed by atoms with Crippen LogP contribution in [0.15, 0.2) is 60.8 Å². The Morgan fingerprint density at radius 2 is 1.81 bits per heavy atom. The maximum Gasteiger partial charge on any atom is 0.307 e. The van der Waals surface area contributed by atoms with Crippen LogP contribution in [0.5, 0.6) is 0 Å². The van der Waals surface area contributed by atoms with Crippen molar-refractivity contribution in [2.75, 3.05) is 7.11 Å². The molecule has 3 aromatic rings. The Bertz CT molecular complexity index is 928. The number of para-hydroxylation sites is 1. The lowest BCUT2D eigenvalue weighted by Gasteiger charge is -2.19. The van der Waals surface area contributed by atoms with E-state index in [0.717, 1.165) is 22.0 Å². The molecule has 5 heteroatoms. The molecule has 1 aromatic heterocycles. The standard InChI is InChI=1S/C22H24N2O3/c1-16-7-9-17(10-8-16)19(15-22(26)27-2)23-21(25)12-14-24-13-11-18-5-3-4-6-20(18)24/h3-11,13,19H,12,14-15H2,1-2H3,(H,23,25). The summed E-state index contributed by atoms with van der Waals surface area (Å²) in [5.41, 5.74) is 3.13. The van der Waals surface area contributed by atoms with Crippen molar-refractivity contribution in [1.29, 1.82) is 0 Å². The van der Waals surface area contributed by atoms with Crippen LogP contribution in [0.25, 0.3) is 10.9 Å². The fourth-order valence-corrected chi connectivity index (χ4v) is 3.13. The number of benzene rings is 2. The van der Waals surface area contributed by atoms with Crippen LogP contribution in [-0.2, 0) is 20.9 Å². The number of aromatic nitrogens is 1. The van der Waals surface area contributed by atoms with E-state index in [4.69, 9.17) is 4.74 Å². The van der Waals surface area contributed by atoms with Crippen molar-refractivity contribution in [2.45, 2.75) is 32.4 Å². The van der Waals surface area contributed by atoms with Crippen LogP contribution in [0.1, 0.15) is 30.0 Å². The average Bonchev–Trinajstić information content (AvgIpc) is 3.09. The van der Waals surface area contributed by atoms with E-state index in [0.29, 0.717) is 13.0 Å². The first-order valence-electron chi connectivity index (χ1n) is 9.03. The highest BCUT2D eigenvalue weighted by molar-refractivity contribution is 5.81. The number of hydrogen-bond donors (Lipinski definition) is 1. The summed E-state index contributed by atoms with van der Waals surface area (Å²) in [7, 11) is 1.35. The van der Waals surface area contributed by atoms with Gasteiger partial charge in [0.25, 0.3) is 0 Å². The molecule has 27 heavy (non-hydrogen) atoms. The molecule has 1 amide bonds. The SMILES string of the molecule is COC(=O)CC(NC(=O)CCn1ccc2ccccc21)c1ccc(C)cc1. The van der Waals surface area contributed by atoms with Crippen LogP contribution in [-0.4, -0.2) is 23.6 Å². The lowest BCUT2D eigenvalue weighted by molar-refractivity contribution is -0.141. The van der Waals surface area contributed by atoms with Gasteiger partial charge in [0.1, 0.15) is 0 Å². The Morgan fingerprint density at radius 1 is 1.07 bits per heavy atom. The lowest BCUT2D eigenvalue weighted by Crippen LogP contribution is -2.31. The van der Waals surface area contributed by atoms with Crippen molar-refractivity contribution in [3.8, 4) is 0 Å². The molecule has 0 aliphatic rings. The Hall–Kier alpha value is -3.08. The number of carbonyl (C=O) groups is 2. The Kier molecular flexibility index (Phi) is 5.91. The molecule has 0 saturated heterocycles.